The number of nitriles is 1. The quantitative estimate of drug-likeness (QED) is 0.769. The lowest BCUT2D eigenvalue weighted by molar-refractivity contribution is 0.313. The average molecular weight is 217 g/mol. The topological polar surface area (TPSA) is 33.0 Å². The van der Waals surface area contributed by atoms with E-state index < -0.39 is 0 Å². The fraction of sp³-hybridized carbons (Fsp3) is 0.500. The molecule has 0 amide bonds. The standard InChI is InChI=1S/C14H19NO/c1-5-6-16-14-7-11(4)12(9-15)8-13(14)10(2)3/h7-8,10H,5-6H2,1-4H3. The molecule has 0 saturated carbocycles. The van der Waals surface area contributed by atoms with Crippen molar-refractivity contribution < 1.29 is 4.74 Å². The van der Waals surface area contributed by atoms with Gasteiger partial charge in [0.15, 0.2) is 0 Å². The summed E-state index contributed by atoms with van der Waals surface area (Å²) in [5.41, 5.74) is 2.85. The number of rotatable bonds is 4. The molecule has 0 aromatic heterocycles. The smallest absolute Gasteiger partial charge is 0.123 e. The van der Waals surface area contributed by atoms with Crippen molar-refractivity contribution >= 4 is 0 Å². The number of ether oxygens (including phenoxy) is 1. The molecule has 1 aromatic carbocycles. The second-order valence-corrected chi connectivity index (χ2v) is 4.32. The number of aryl methyl sites for hydroxylation is 1. The molecule has 16 heavy (non-hydrogen) atoms. The van der Waals surface area contributed by atoms with Crippen molar-refractivity contribution in [3.8, 4) is 11.8 Å². The van der Waals surface area contributed by atoms with Crippen LogP contribution in [0.1, 0.15) is 49.8 Å². The number of hydrogen-bond acceptors (Lipinski definition) is 2. The third-order valence-electron chi connectivity index (χ3n) is 2.56. The van der Waals surface area contributed by atoms with Crippen LogP contribution in [0.15, 0.2) is 12.1 Å². The molecule has 2 heteroatoms. The van der Waals surface area contributed by atoms with Crippen LogP contribution in [0.3, 0.4) is 0 Å². The zero-order chi connectivity index (χ0) is 12.1. The van der Waals surface area contributed by atoms with Crippen molar-refractivity contribution in [1.29, 1.82) is 5.26 Å². The summed E-state index contributed by atoms with van der Waals surface area (Å²) in [7, 11) is 0. The molecule has 2 nitrogen and oxygen atoms in total. The molecule has 0 aliphatic heterocycles. The van der Waals surface area contributed by atoms with Crippen molar-refractivity contribution in [1.82, 2.24) is 0 Å². The van der Waals surface area contributed by atoms with Crippen molar-refractivity contribution in [3.63, 3.8) is 0 Å². The summed E-state index contributed by atoms with van der Waals surface area (Å²) in [5, 5.41) is 9.00. The molecular formula is C14H19NO. The van der Waals surface area contributed by atoms with Crippen LogP contribution in [0.4, 0.5) is 0 Å². The highest BCUT2D eigenvalue weighted by Crippen LogP contribution is 2.29. The normalized spacial score (nSPS) is 10.2. The first kappa shape index (κ1) is 12.6. The van der Waals surface area contributed by atoms with E-state index in [1.165, 1.54) is 0 Å². The van der Waals surface area contributed by atoms with Crippen LogP contribution < -0.4 is 4.74 Å². The Morgan fingerprint density at radius 2 is 2.06 bits per heavy atom. The molecule has 0 fully saturated rings. The van der Waals surface area contributed by atoms with Crippen molar-refractivity contribution in [2.45, 2.75) is 40.0 Å². The van der Waals surface area contributed by atoms with E-state index in [-0.39, 0.29) is 0 Å². The fourth-order valence-electron chi connectivity index (χ4n) is 1.61. The Labute approximate surface area is 97.9 Å². The van der Waals surface area contributed by atoms with Gasteiger partial charge in [-0.25, -0.2) is 0 Å². The summed E-state index contributed by atoms with van der Waals surface area (Å²) >= 11 is 0. The first-order valence-corrected chi connectivity index (χ1v) is 5.77. The third kappa shape index (κ3) is 2.76. The zero-order valence-corrected chi connectivity index (χ0v) is 10.5. The Bertz CT molecular complexity index is 402. The van der Waals surface area contributed by atoms with E-state index in [0.29, 0.717) is 5.92 Å². The van der Waals surface area contributed by atoms with E-state index in [1.54, 1.807) is 0 Å². The molecule has 0 heterocycles. The molecule has 0 radical (unpaired) electrons. The van der Waals surface area contributed by atoms with E-state index in [0.717, 1.165) is 35.5 Å². The first-order valence-electron chi connectivity index (χ1n) is 5.77. The minimum Gasteiger partial charge on any atom is -0.493 e. The highest BCUT2D eigenvalue weighted by Gasteiger charge is 2.11. The highest BCUT2D eigenvalue weighted by molar-refractivity contribution is 5.48. The van der Waals surface area contributed by atoms with Crippen molar-refractivity contribution in [2.75, 3.05) is 6.61 Å². The van der Waals surface area contributed by atoms with Crippen molar-refractivity contribution in [3.05, 3.63) is 28.8 Å². The Morgan fingerprint density at radius 1 is 1.38 bits per heavy atom. The molecule has 0 unspecified atom stereocenters. The molecule has 1 rings (SSSR count). The van der Waals surface area contributed by atoms with Crippen LogP contribution in [0.25, 0.3) is 0 Å². The lowest BCUT2D eigenvalue weighted by Gasteiger charge is -2.15. The van der Waals surface area contributed by atoms with Gasteiger partial charge in [0.25, 0.3) is 0 Å². The largest absolute Gasteiger partial charge is 0.493 e. The molecule has 0 spiro atoms. The monoisotopic (exact) mass is 217 g/mol. The number of hydrogen-bond donors (Lipinski definition) is 0. The summed E-state index contributed by atoms with van der Waals surface area (Å²) < 4.78 is 5.72. The lowest BCUT2D eigenvalue weighted by Crippen LogP contribution is -2.02. The van der Waals surface area contributed by atoms with Gasteiger partial charge in [0.1, 0.15) is 5.75 Å². The van der Waals surface area contributed by atoms with E-state index >= 15 is 0 Å². The van der Waals surface area contributed by atoms with Crippen LogP contribution >= 0.6 is 0 Å². The summed E-state index contributed by atoms with van der Waals surface area (Å²) in [4.78, 5) is 0. The van der Waals surface area contributed by atoms with E-state index in [9.17, 15) is 0 Å². The van der Waals surface area contributed by atoms with Gasteiger partial charge in [0.05, 0.1) is 18.2 Å². The van der Waals surface area contributed by atoms with Gasteiger partial charge in [-0.1, -0.05) is 20.8 Å². The molecule has 0 aliphatic rings. The predicted molar refractivity (Wildman–Crippen MR) is 65.8 cm³/mol. The highest BCUT2D eigenvalue weighted by atomic mass is 16.5. The van der Waals surface area contributed by atoms with Gasteiger partial charge >= 0.3 is 0 Å². The van der Waals surface area contributed by atoms with E-state index in [4.69, 9.17) is 10.00 Å². The number of benzene rings is 1. The van der Waals surface area contributed by atoms with Gasteiger partial charge in [-0.2, -0.15) is 5.26 Å². The van der Waals surface area contributed by atoms with Gasteiger partial charge in [-0.3, -0.25) is 0 Å². The van der Waals surface area contributed by atoms with E-state index in [1.807, 2.05) is 19.1 Å². The summed E-state index contributed by atoms with van der Waals surface area (Å²) in [5.74, 6) is 1.30. The molecule has 0 aliphatic carbocycles. The van der Waals surface area contributed by atoms with Crippen LogP contribution in [0, 0.1) is 18.3 Å². The first-order chi connectivity index (χ1) is 7.60. The molecule has 1 aromatic rings. The molecule has 0 atom stereocenters. The minimum absolute atomic E-state index is 0.375. The van der Waals surface area contributed by atoms with Crippen LogP contribution in [-0.2, 0) is 0 Å². The Hall–Kier alpha value is -1.49. The third-order valence-corrected chi connectivity index (χ3v) is 2.56. The molecule has 0 saturated heterocycles. The number of nitrogens with zero attached hydrogens (tertiary/aromatic N) is 1. The van der Waals surface area contributed by atoms with Crippen molar-refractivity contribution in [2.24, 2.45) is 0 Å². The maximum Gasteiger partial charge on any atom is 0.123 e. The SMILES string of the molecule is CCCOc1cc(C)c(C#N)cc1C(C)C. The van der Waals surface area contributed by atoms with Gasteiger partial charge in [0, 0.05) is 0 Å². The van der Waals surface area contributed by atoms with Crippen LogP contribution in [0.2, 0.25) is 0 Å². The Balaban J connectivity index is 3.15. The summed E-state index contributed by atoms with van der Waals surface area (Å²) in [6.07, 6.45) is 0.997. The fourth-order valence-corrected chi connectivity index (χ4v) is 1.61. The second kappa shape index (κ2) is 5.55. The molecule has 0 bridgehead atoms. The summed E-state index contributed by atoms with van der Waals surface area (Å²) in [6.45, 7) is 8.99. The molecular weight excluding hydrogens is 198 g/mol. The maximum absolute atomic E-state index is 9.00. The average Bonchev–Trinajstić information content (AvgIpc) is 2.25. The Morgan fingerprint density at radius 3 is 2.56 bits per heavy atom. The van der Waals surface area contributed by atoms with Gasteiger partial charge in [-0.05, 0) is 42.5 Å². The second-order valence-electron chi connectivity index (χ2n) is 4.32. The minimum atomic E-state index is 0.375. The lowest BCUT2D eigenvalue weighted by atomic mass is 9.97. The molecule has 86 valence electrons. The van der Waals surface area contributed by atoms with Crippen LogP contribution in [-0.4, -0.2) is 6.61 Å². The van der Waals surface area contributed by atoms with Gasteiger partial charge in [0.2, 0.25) is 0 Å². The maximum atomic E-state index is 9.00. The van der Waals surface area contributed by atoms with Gasteiger partial charge in [-0.15, -0.1) is 0 Å². The zero-order valence-electron chi connectivity index (χ0n) is 10.5. The van der Waals surface area contributed by atoms with Crippen LogP contribution in [0.5, 0.6) is 5.75 Å². The summed E-state index contributed by atoms with van der Waals surface area (Å²) in [6, 6.07) is 6.14. The molecule has 0 N–H and O–H groups in total. The Kier molecular flexibility index (Phi) is 4.37. The van der Waals surface area contributed by atoms with E-state index in [2.05, 4.69) is 26.8 Å². The predicted octanol–water partition coefficient (Wildman–Crippen LogP) is 3.78. The van der Waals surface area contributed by atoms with Gasteiger partial charge < -0.3 is 4.74 Å².